The maximum absolute atomic E-state index is 12.5. The van der Waals surface area contributed by atoms with E-state index in [1.54, 1.807) is 12.1 Å². The highest BCUT2D eigenvalue weighted by Gasteiger charge is 2.28. The Morgan fingerprint density at radius 1 is 1.32 bits per heavy atom. The van der Waals surface area contributed by atoms with Crippen molar-refractivity contribution in [2.75, 3.05) is 12.8 Å². The fourth-order valence-corrected chi connectivity index (χ4v) is 3.47. The van der Waals surface area contributed by atoms with E-state index in [4.69, 9.17) is 5.73 Å². The Bertz CT molecular complexity index is 455. The molecule has 2 unspecified atom stereocenters. The van der Waals surface area contributed by atoms with E-state index in [2.05, 4.69) is 22.9 Å². The number of rotatable bonds is 2. The van der Waals surface area contributed by atoms with Crippen LogP contribution in [0.4, 0.5) is 5.69 Å². The summed E-state index contributed by atoms with van der Waals surface area (Å²) in [5, 5.41) is 0. The quantitative estimate of drug-likeness (QED) is 0.843. The van der Waals surface area contributed by atoms with Crippen molar-refractivity contribution in [2.45, 2.75) is 38.6 Å². The molecule has 1 aliphatic rings. The van der Waals surface area contributed by atoms with Crippen LogP contribution in [-0.2, 0) is 0 Å². The fourth-order valence-electron chi connectivity index (χ4n) is 2.96. The molecule has 1 fully saturated rings. The van der Waals surface area contributed by atoms with E-state index in [1.807, 2.05) is 18.0 Å². The zero-order valence-electron chi connectivity index (χ0n) is 11.5. The van der Waals surface area contributed by atoms with Gasteiger partial charge in [0.2, 0.25) is 0 Å². The van der Waals surface area contributed by atoms with Gasteiger partial charge in [0.25, 0.3) is 5.91 Å². The predicted molar refractivity (Wildman–Crippen MR) is 82.1 cm³/mol. The van der Waals surface area contributed by atoms with Crippen LogP contribution in [0.15, 0.2) is 22.7 Å². The molecule has 0 aromatic heterocycles. The minimum absolute atomic E-state index is 0.0618. The van der Waals surface area contributed by atoms with Crippen LogP contribution in [0.25, 0.3) is 0 Å². The van der Waals surface area contributed by atoms with Gasteiger partial charge in [-0.25, -0.2) is 0 Å². The molecule has 1 amide bonds. The van der Waals surface area contributed by atoms with Gasteiger partial charge in [-0.1, -0.05) is 35.7 Å². The lowest BCUT2D eigenvalue weighted by molar-refractivity contribution is 0.0629. The summed E-state index contributed by atoms with van der Waals surface area (Å²) in [5.41, 5.74) is 7.08. The van der Waals surface area contributed by atoms with Crippen molar-refractivity contribution in [1.82, 2.24) is 4.90 Å². The molecule has 19 heavy (non-hydrogen) atoms. The molecule has 3 nitrogen and oxygen atoms in total. The second kappa shape index (κ2) is 5.95. The van der Waals surface area contributed by atoms with Crippen LogP contribution in [0.3, 0.4) is 0 Å². The number of hydrogen-bond acceptors (Lipinski definition) is 2. The number of anilines is 1. The van der Waals surface area contributed by atoms with Gasteiger partial charge in [-0.15, -0.1) is 0 Å². The predicted octanol–water partition coefficient (Wildman–Crippen LogP) is 3.68. The molecule has 104 valence electrons. The van der Waals surface area contributed by atoms with Gasteiger partial charge < -0.3 is 10.6 Å². The third-order valence-corrected chi connectivity index (χ3v) is 4.51. The second-order valence-corrected chi connectivity index (χ2v) is 6.43. The third kappa shape index (κ3) is 3.30. The first kappa shape index (κ1) is 14.4. The molecule has 0 radical (unpaired) electrons. The number of carbonyl (C=O) groups excluding carboxylic acids is 1. The zero-order chi connectivity index (χ0) is 14.0. The first-order valence-corrected chi connectivity index (χ1v) is 7.61. The lowest BCUT2D eigenvalue weighted by Gasteiger charge is -2.36. The van der Waals surface area contributed by atoms with Crippen LogP contribution in [-0.4, -0.2) is 23.9 Å². The van der Waals surface area contributed by atoms with Crippen LogP contribution in [0, 0.1) is 5.92 Å². The topological polar surface area (TPSA) is 46.3 Å². The monoisotopic (exact) mass is 324 g/mol. The van der Waals surface area contributed by atoms with Crippen molar-refractivity contribution in [3.8, 4) is 0 Å². The Kier molecular flexibility index (Phi) is 4.50. The number of benzene rings is 1. The molecule has 2 N–H and O–H groups in total. The molecule has 1 aromatic rings. The van der Waals surface area contributed by atoms with E-state index in [1.165, 1.54) is 19.3 Å². The summed E-state index contributed by atoms with van der Waals surface area (Å²) in [5.74, 6) is 0.638. The molecule has 1 aromatic carbocycles. The molecule has 1 aliphatic carbocycles. The van der Waals surface area contributed by atoms with Gasteiger partial charge in [-0.3, -0.25) is 4.79 Å². The molecule has 0 bridgehead atoms. The summed E-state index contributed by atoms with van der Waals surface area (Å²) >= 11 is 3.39. The van der Waals surface area contributed by atoms with Gasteiger partial charge in [0.05, 0.1) is 0 Å². The Balaban J connectivity index is 2.18. The van der Waals surface area contributed by atoms with Crippen molar-refractivity contribution in [3.63, 3.8) is 0 Å². The first-order valence-electron chi connectivity index (χ1n) is 6.82. The summed E-state index contributed by atoms with van der Waals surface area (Å²) in [6.45, 7) is 2.24. The van der Waals surface area contributed by atoms with Crippen molar-refractivity contribution in [2.24, 2.45) is 5.92 Å². The van der Waals surface area contributed by atoms with Gasteiger partial charge in [0.15, 0.2) is 0 Å². The van der Waals surface area contributed by atoms with Crippen LogP contribution in [0.5, 0.6) is 0 Å². The third-order valence-electron chi connectivity index (χ3n) is 4.05. The zero-order valence-corrected chi connectivity index (χ0v) is 13.1. The van der Waals surface area contributed by atoms with Crippen LogP contribution in [0.2, 0.25) is 0 Å². The van der Waals surface area contributed by atoms with Gasteiger partial charge in [-0.05, 0) is 37.0 Å². The number of amides is 1. The van der Waals surface area contributed by atoms with Crippen LogP contribution < -0.4 is 5.73 Å². The summed E-state index contributed by atoms with van der Waals surface area (Å²) < 4.78 is 0.848. The standard InChI is InChI=1S/C15H21BrN2O/c1-10-5-3-4-6-14(10)18(2)15(19)11-7-12(16)9-13(17)8-11/h7-10,14H,3-6,17H2,1-2H3. The average molecular weight is 325 g/mol. The molecule has 0 saturated heterocycles. The number of halogens is 1. The van der Waals surface area contributed by atoms with Gasteiger partial charge >= 0.3 is 0 Å². The van der Waals surface area contributed by atoms with Crippen LogP contribution >= 0.6 is 15.9 Å². The Labute approximate surface area is 123 Å². The summed E-state index contributed by atoms with van der Waals surface area (Å²) in [6, 6.07) is 5.74. The minimum Gasteiger partial charge on any atom is -0.399 e. The number of nitrogens with two attached hydrogens (primary N) is 1. The highest BCUT2D eigenvalue weighted by Crippen LogP contribution is 2.28. The molecule has 0 spiro atoms. The number of nitrogen functional groups attached to an aromatic ring is 1. The van der Waals surface area contributed by atoms with Crippen molar-refractivity contribution in [3.05, 3.63) is 28.2 Å². The Morgan fingerprint density at radius 2 is 2.00 bits per heavy atom. The summed E-state index contributed by atoms with van der Waals surface area (Å²) in [7, 11) is 1.91. The van der Waals surface area contributed by atoms with E-state index in [0.717, 1.165) is 10.9 Å². The van der Waals surface area contributed by atoms with E-state index < -0.39 is 0 Å². The Hall–Kier alpha value is -1.03. The average Bonchev–Trinajstić information content (AvgIpc) is 2.36. The molecule has 2 atom stereocenters. The minimum atomic E-state index is 0.0618. The lowest BCUT2D eigenvalue weighted by atomic mass is 9.85. The largest absolute Gasteiger partial charge is 0.399 e. The van der Waals surface area contributed by atoms with Gasteiger partial charge in [0.1, 0.15) is 0 Å². The summed E-state index contributed by atoms with van der Waals surface area (Å²) in [6.07, 6.45) is 4.81. The fraction of sp³-hybridized carbons (Fsp3) is 0.533. The van der Waals surface area contributed by atoms with E-state index >= 15 is 0 Å². The lowest BCUT2D eigenvalue weighted by Crippen LogP contribution is -2.42. The van der Waals surface area contributed by atoms with Gasteiger partial charge in [-0.2, -0.15) is 0 Å². The molecule has 0 aliphatic heterocycles. The van der Waals surface area contributed by atoms with Crippen molar-refractivity contribution >= 4 is 27.5 Å². The van der Waals surface area contributed by atoms with Crippen LogP contribution in [0.1, 0.15) is 43.0 Å². The highest BCUT2D eigenvalue weighted by atomic mass is 79.9. The first-order chi connectivity index (χ1) is 8.99. The van der Waals surface area contributed by atoms with Crippen molar-refractivity contribution in [1.29, 1.82) is 0 Å². The maximum atomic E-state index is 12.5. The molecule has 1 saturated carbocycles. The van der Waals surface area contributed by atoms with Gasteiger partial charge in [0, 0.05) is 28.8 Å². The molecular weight excluding hydrogens is 304 g/mol. The molecular formula is C15H21BrN2O. The normalized spacial score (nSPS) is 23.1. The maximum Gasteiger partial charge on any atom is 0.253 e. The van der Waals surface area contributed by atoms with E-state index in [0.29, 0.717) is 23.2 Å². The molecule has 0 heterocycles. The van der Waals surface area contributed by atoms with E-state index in [9.17, 15) is 4.79 Å². The van der Waals surface area contributed by atoms with E-state index in [-0.39, 0.29) is 5.91 Å². The molecule has 2 rings (SSSR count). The number of nitrogens with zero attached hydrogens (tertiary/aromatic N) is 1. The number of carbonyl (C=O) groups is 1. The second-order valence-electron chi connectivity index (χ2n) is 5.52. The number of hydrogen-bond donors (Lipinski definition) is 1. The molecule has 4 heteroatoms. The summed E-state index contributed by atoms with van der Waals surface area (Å²) in [4.78, 5) is 14.4. The highest BCUT2D eigenvalue weighted by molar-refractivity contribution is 9.10. The smallest absolute Gasteiger partial charge is 0.253 e. The SMILES string of the molecule is CC1CCCCC1N(C)C(=O)c1cc(N)cc(Br)c1. The Morgan fingerprint density at radius 3 is 2.63 bits per heavy atom. The van der Waals surface area contributed by atoms with Crippen molar-refractivity contribution < 1.29 is 4.79 Å².